The molecular formula is C24H31ClN2O2. The van der Waals surface area contributed by atoms with Gasteiger partial charge in [-0.25, -0.2) is 0 Å². The predicted molar refractivity (Wildman–Crippen MR) is 119 cm³/mol. The SMILES string of the molecule is CNCC1CCCN(C(=O)C2CC2c2ccc(OCc3ccccc3)cc2)C1.Cl. The Morgan fingerprint density at radius 1 is 1.14 bits per heavy atom. The maximum Gasteiger partial charge on any atom is 0.226 e. The van der Waals surface area contributed by atoms with Crippen molar-refractivity contribution in [2.75, 3.05) is 26.7 Å². The highest BCUT2D eigenvalue weighted by Crippen LogP contribution is 2.49. The van der Waals surface area contributed by atoms with E-state index in [-0.39, 0.29) is 18.3 Å². The average molecular weight is 415 g/mol. The second-order valence-corrected chi connectivity index (χ2v) is 8.14. The van der Waals surface area contributed by atoms with Crippen molar-refractivity contribution in [3.63, 3.8) is 0 Å². The van der Waals surface area contributed by atoms with Crippen LogP contribution in [0.2, 0.25) is 0 Å². The highest BCUT2D eigenvalue weighted by molar-refractivity contribution is 5.85. The van der Waals surface area contributed by atoms with Gasteiger partial charge in [0.25, 0.3) is 0 Å². The molecule has 156 valence electrons. The van der Waals surface area contributed by atoms with Gasteiger partial charge in [-0.1, -0.05) is 42.5 Å². The number of nitrogens with zero attached hydrogens (tertiary/aromatic N) is 1. The van der Waals surface area contributed by atoms with E-state index < -0.39 is 0 Å². The summed E-state index contributed by atoms with van der Waals surface area (Å²) in [6.45, 7) is 3.42. The minimum Gasteiger partial charge on any atom is -0.489 e. The fourth-order valence-corrected chi connectivity index (χ4v) is 4.34. The summed E-state index contributed by atoms with van der Waals surface area (Å²) in [6, 6.07) is 18.5. The topological polar surface area (TPSA) is 41.6 Å². The molecule has 2 aromatic carbocycles. The molecule has 3 unspecified atom stereocenters. The summed E-state index contributed by atoms with van der Waals surface area (Å²) in [5.74, 6) is 2.38. The fraction of sp³-hybridized carbons (Fsp3) is 0.458. The molecule has 1 saturated heterocycles. The summed E-state index contributed by atoms with van der Waals surface area (Å²) in [6.07, 6.45) is 3.34. The van der Waals surface area contributed by atoms with Crippen molar-refractivity contribution in [3.8, 4) is 5.75 Å². The van der Waals surface area contributed by atoms with Gasteiger partial charge in [-0.3, -0.25) is 4.79 Å². The van der Waals surface area contributed by atoms with Gasteiger partial charge in [0, 0.05) is 19.0 Å². The molecular weight excluding hydrogens is 384 g/mol. The Kier molecular flexibility index (Phi) is 7.57. The zero-order valence-electron chi connectivity index (χ0n) is 17.0. The number of hydrogen-bond donors (Lipinski definition) is 1. The standard InChI is InChI=1S/C24H30N2O2.ClH/c1-25-15-19-8-5-13-26(16-19)24(27)23-14-22(23)20-9-11-21(12-10-20)28-17-18-6-3-2-4-7-18;/h2-4,6-7,9-12,19,22-23,25H,5,8,13-17H2,1H3;1H. The van der Waals surface area contributed by atoms with E-state index in [2.05, 4.69) is 34.5 Å². The van der Waals surface area contributed by atoms with Crippen molar-refractivity contribution in [1.82, 2.24) is 10.2 Å². The summed E-state index contributed by atoms with van der Waals surface area (Å²) in [4.78, 5) is 15.0. The number of hydrogen-bond acceptors (Lipinski definition) is 3. The number of carbonyl (C=O) groups is 1. The summed E-state index contributed by atoms with van der Waals surface area (Å²) in [5.41, 5.74) is 2.42. The molecule has 3 atom stereocenters. The maximum absolute atomic E-state index is 12.9. The van der Waals surface area contributed by atoms with E-state index in [9.17, 15) is 4.79 Å². The molecule has 5 heteroatoms. The number of carbonyl (C=O) groups excluding carboxylic acids is 1. The second kappa shape index (κ2) is 10.1. The van der Waals surface area contributed by atoms with Crippen LogP contribution in [0.4, 0.5) is 0 Å². The minimum atomic E-state index is 0. The molecule has 2 aliphatic rings. The lowest BCUT2D eigenvalue weighted by molar-refractivity contribution is -0.134. The molecule has 1 aliphatic heterocycles. The largest absolute Gasteiger partial charge is 0.489 e. The van der Waals surface area contributed by atoms with Crippen molar-refractivity contribution in [2.45, 2.75) is 31.8 Å². The highest BCUT2D eigenvalue weighted by atomic mass is 35.5. The van der Waals surface area contributed by atoms with Gasteiger partial charge in [0.15, 0.2) is 0 Å². The van der Waals surface area contributed by atoms with Crippen molar-refractivity contribution in [2.24, 2.45) is 11.8 Å². The van der Waals surface area contributed by atoms with Crippen LogP contribution >= 0.6 is 12.4 Å². The smallest absolute Gasteiger partial charge is 0.226 e. The quantitative estimate of drug-likeness (QED) is 0.736. The van der Waals surface area contributed by atoms with E-state index in [1.165, 1.54) is 12.0 Å². The van der Waals surface area contributed by atoms with Crippen LogP contribution in [-0.2, 0) is 11.4 Å². The zero-order chi connectivity index (χ0) is 19.3. The van der Waals surface area contributed by atoms with Gasteiger partial charge in [-0.2, -0.15) is 0 Å². The van der Waals surface area contributed by atoms with Crippen LogP contribution in [0, 0.1) is 11.8 Å². The van der Waals surface area contributed by atoms with Gasteiger partial charge in [-0.05, 0) is 68.0 Å². The Morgan fingerprint density at radius 2 is 1.90 bits per heavy atom. The number of ether oxygens (including phenoxy) is 1. The lowest BCUT2D eigenvalue weighted by Crippen LogP contribution is -2.43. The molecule has 1 saturated carbocycles. The van der Waals surface area contributed by atoms with Gasteiger partial charge in [0.05, 0.1) is 0 Å². The van der Waals surface area contributed by atoms with E-state index >= 15 is 0 Å². The Hall–Kier alpha value is -2.04. The number of rotatable bonds is 7. The number of halogens is 1. The molecule has 0 radical (unpaired) electrons. The predicted octanol–water partition coefficient (Wildman–Crippen LogP) is 4.25. The van der Waals surface area contributed by atoms with Gasteiger partial charge >= 0.3 is 0 Å². The van der Waals surface area contributed by atoms with E-state index in [1.807, 2.05) is 37.4 Å². The monoisotopic (exact) mass is 414 g/mol. The molecule has 0 aromatic heterocycles. The molecule has 1 heterocycles. The van der Waals surface area contributed by atoms with Crippen LogP contribution in [0.3, 0.4) is 0 Å². The van der Waals surface area contributed by atoms with Crippen LogP contribution in [-0.4, -0.2) is 37.5 Å². The third-order valence-electron chi connectivity index (χ3n) is 5.99. The van der Waals surface area contributed by atoms with Gasteiger partial charge < -0.3 is 15.0 Å². The Bertz CT molecular complexity index is 779. The molecule has 2 fully saturated rings. The van der Waals surface area contributed by atoms with Crippen LogP contribution in [0.15, 0.2) is 54.6 Å². The number of nitrogens with one attached hydrogen (secondary N) is 1. The first-order valence-corrected chi connectivity index (χ1v) is 10.4. The zero-order valence-corrected chi connectivity index (χ0v) is 17.9. The number of piperidine rings is 1. The van der Waals surface area contributed by atoms with E-state index in [4.69, 9.17) is 4.74 Å². The third-order valence-corrected chi connectivity index (χ3v) is 5.99. The van der Waals surface area contributed by atoms with E-state index in [0.717, 1.165) is 43.8 Å². The van der Waals surface area contributed by atoms with Crippen molar-refractivity contribution < 1.29 is 9.53 Å². The van der Waals surface area contributed by atoms with E-state index in [0.29, 0.717) is 24.3 Å². The normalized spacial score (nSPS) is 23.2. The van der Waals surface area contributed by atoms with Crippen LogP contribution in [0.25, 0.3) is 0 Å². The third kappa shape index (κ3) is 5.52. The highest BCUT2D eigenvalue weighted by Gasteiger charge is 2.46. The average Bonchev–Trinajstić information content (AvgIpc) is 3.54. The molecule has 1 amide bonds. The molecule has 2 aromatic rings. The van der Waals surface area contributed by atoms with Crippen LogP contribution in [0.5, 0.6) is 5.75 Å². The minimum absolute atomic E-state index is 0. The first-order chi connectivity index (χ1) is 13.7. The summed E-state index contributed by atoms with van der Waals surface area (Å²) >= 11 is 0. The Morgan fingerprint density at radius 3 is 2.62 bits per heavy atom. The molecule has 4 nitrogen and oxygen atoms in total. The number of benzene rings is 2. The lowest BCUT2D eigenvalue weighted by atomic mass is 9.97. The van der Waals surface area contributed by atoms with Gasteiger partial charge in [0.2, 0.25) is 5.91 Å². The maximum atomic E-state index is 12.9. The molecule has 0 bridgehead atoms. The van der Waals surface area contributed by atoms with Crippen molar-refractivity contribution in [1.29, 1.82) is 0 Å². The molecule has 29 heavy (non-hydrogen) atoms. The Labute approximate surface area is 180 Å². The summed E-state index contributed by atoms with van der Waals surface area (Å²) in [7, 11) is 1.99. The van der Waals surface area contributed by atoms with E-state index in [1.54, 1.807) is 0 Å². The lowest BCUT2D eigenvalue weighted by Gasteiger charge is -2.33. The second-order valence-electron chi connectivity index (χ2n) is 8.14. The van der Waals surface area contributed by atoms with Gasteiger partial charge in [0.1, 0.15) is 12.4 Å². The molecule has 1 aliphatic carbocycles. The van der Waals surface area contributed by atoms with Crippen LogP contribution < -0.4 is 10.1 Å². The first-order valence-electron chi connectivity index (χ1n) is 10.4. The summed E-state index contributed by atoms with van der Waals surface area (Å²) < 4.78 is 5.87. The molecule has 1 N–H and O–H groups in total. The number of likely N-dealkylation sites (tertiary alicyclic amines) is 1. The summed E-state index contributed by atoms with van der Waals surface area (Å²) in [5, 5.41) is 3.25. The fourth-order valence-electron chi connectivity index (χ4n) is 4.34. The first kappa shape index (κ1) is 21.7. The van der Waals surface area contributed by atoms with Crippen molar-refractivity contribution >= 4 is 18.3 Å². The van der Waals surface area contributed by atoms with Crippen molar-refractivity contribution in [3.05, 3.63) is 65.7 Å². The molecule has 0 spiro atoms. The molecule has 4 rings (SSSR count). The van der Waals surface area contributed by atoms with Gasteiger partial charge in [-0.15, -0.1) is 12.4 Å². The Balaban J connectivity index is 0.00000240. The van der Waals surface area contributed by atoms with Crippen LogP contribution in [0.1, 0.15) is 36.3 Å². The number of amides is 1.